The normalized spacial score (nSPS) is 11.2. The quantitative estimate of drug-likeness (QED) is 0.273. The molecule has 0 fully saturated rings. The first kappa shape index (κ1) is 21.0. The van der Waals surface area contributed by atoms with E-state index in [1.807, 2.05) is 0 Å². The second-order valence-corrected chi connectivity index (χ2v) is 6.11. The molecular weight excluding hydrogens is 401 g/mol. The summed E-state index contributed by atoms with van der Waals surface area (Å²) >= 11 is 0. The van der Waals surface area contributed by atoms with Gasteiger partial charge in [0.15, 0.2) is 0 Å². The van der Waals surface area contributed by atoms with E-state index in [4.69, 9.17) is 16.3 Å². The van der Waals surface area contributed by atoms with Gasteiger partial charge in [0, 0.05) is 29.8 Å². The Hall–Kier alpha value is -3.73. The van der Waals surface area contributed by atoms with E-state index in [9.17, 15) is 18.0 Å². The van der Waals surface area contributed by atoms with Gasteiger partial charge in [-0.2, -0.15) is 13.2 Å². The fourth-order valence-electron chi connectivity index (χ4n) is 2.50. The van der Waals surface area contributed by atoms with Gasteiger partial charge in [-0.25, -0.2) is 15.8 Å². The van der Waals surface area contributed by atoms with E-state index in [2.05, 4.69) is 15.0 Å². The number of ether oxygens (including phenoxy) is 1. The Kier molecular flexibility index (Phi) is 6.11. The molecule has 1 amide bonds. The number of carbonyl (C=O) groups excluding carboxylic acids is 1. The molecule has 4 N–H and O–H groups in total. The third-order valence-electron chi connectivity index (χ3n) is 4.04. The molecule has 2 aromatic heterocycles. The summed E-state index contributed by atoms with van der Waals surface area (Å²) in [5.74, 6) is 5.23. The van der Waals surface area contributed by atoms with E-state index in [0.717, 1.165) is 17.3 Å². The summed E-state index contributed by atoms with van der Waals surface area (Å²) in [6.07, 6.45) is -0.434. The molecule has 0 radical (unpaired) electrons. The summed E-state index contributed by atoms with van der Waals surface area (Å²) in [5, 5.41) is 0.920. The number of nitrogens with two attached hydrogens (primary N) is 2. The zero-order valence-corrected chi connectivity index (χ0v) is 15.5. The maximum atomic E-state index is 12.7. The van der Waals surface area contributed by atoms with E-state index in [-0.39, 0.29) is 30.4 Å². The van der Waals surface area contributed by atoms with E-state index in [1.54, 1.807) is 12.1 Å². The average Bonchev–Trinajstić information content (AvgIpc) is 2.74. The van der Waals surface area contributed by atoms with Crippen LogP contribution in [0.15, 0.2) is 55.0 Å². The second-order valence-electron chi connectivity index (χ2n) is 6.11. The second kappa shape index (κ2) is 8.74. The number of benzene rings is 1. The average molecular weight is 418 g/mol. The van der Waals surface area contributed by atoms with Gasteiger partial charge in [0.1, 0.15) is 12.3 Å². The Morgan fingerprint density at radius 1 is 1.07 bits per heavy atom. The van der Waals surface area contributed by atoms with Crippen molar-refractivity contribution in [2.75, 3.05) is 18.9 Å². The van der Waals surface area contributed by atoms with Crippen molar-refractivity contribution in [2.45, 2.75) is 6.18 Å². The Morgan fingerprint density at radius 3 is 2.40 bits per heavy atom. The van der Waals surface area contributed by atoms with Crippen LogP contribution in [-0.2, 0) is 6.18 Å². The minimum absolute atomic E-state index is 0.0303. The van der Waals surface area contributed by atoms with Crippen molar-refractivity contribution >= 4 is 11.6 Å². The van der Waals surface area contributed by atoms with Crippen molar-refractivity contribution in [3.8, 4) is 17.1 Å². The molecule has 0 saturated carbocycles. The lowest BCUT2D eigenvalue weighted by molar-refractivity contribution is -0.141. The SMILES string of the molecule is Nc1ccc(-c2ccc(C(F)(F)F)nc2)cc1C(=O)N(N)CCOc1ncccn1. The number of anilines is 1. The first-order valence-electron chi connectivity index (χ1n) is 8.65. The maximum Gasteiger partial charge on any atom is 0.433 e. The van der Waals surface area contributed by atoms with Crippen molar-refractivity contribution < 1.29 is 22.7 Å². The van der Waals surface area contributed by atoms with E-state index < -0.39 is 17.8 Å². The third kappa shape index (κ3) is 5.00. The summed E-state index contributed by atoms with van der Waals surface area (Å²) in [6, 6.07) is 8.41. The summed E-state index contributed by atoms with van der Waals surface area (Å²) < 4.78 is 43.3. The Morgan fingerprint density at radius 2 is 1.77 bits per heavy atom. The number of aromatic nitrogens is 3. The lowest BCUT2D eigenvalue weighted by atomic mass is 10.0. The predicted molar refractivity (Wildman–Crippen MR) is 102 cm³/mol. The van der Waals surface area contributed by atoms with Crippen LogP contribution in [0.3, 0.4) is 0 Å². The zero-order chi connectivity index (χ0) is 21.7. The summed E-state index contributed by atoms with van der Waals surface area (Å²) in [7, 11) is 0. The monoisotopic (exact) mass is 418 g/mol. The molecule has 0 bridgehead atoms. The van der Waals surface area contributed by atoms with Crippen molar-refractivity contribution in [2.24, 2.45) is 5.84 Å². The number of pyridine rings is 1. The van der Waals surface area contributed by atoms with Crippen molar-refractivity contribution in [3.63, 3.8) is 0 Å². The van der Waals surface area contributed by atoms with Crippen molar-refractivity contribution in [1.82, 2.24) is 20.0 Å². The fourth-order valence-corrected chi connectivity index (χ4v) is 2.50. The predicted octanol–water partition coefficient (Wildman–Crippen LogP) is 2.53. The molecule has 3 rings (SSSR count). The smallest absolute Gasteiger partial charge is 0.433 e. The van der Waals surface area contributed by atoms with E-state index >= 15 is 0 Å². The molecule has 0 atom stereocenters. The summed E-state index contributed by atoms with van der Waals surface area (Å²) in [5.41, 5.74) is 6.02. The molecule has 11 heteroatoms. The first-order chi connectivity index (χ1) is 14.3. The molecule has 1 aromatic carbocycles. The van der Waals surface area contributed by atoms with Crippen LogP contribution < -0.4 is 16.3 Å². The molecule has 2 heterocycles. The molecule has 0 spiro atoms. The fraction of sp³-hybridized carbons (Fsp3) is 0.158. The number of alkyl halides is 3. The highest BCUT2D eigenvalue weighted by Crippen LogP contribution is 2.30. The lowest BCUT2D eigenvalue weighted by Gasteiger charge is -2.18. The minimum Gasteiger partial charge on any atom is -0.462 e. The molecule has 3 aromatic rings. The standard InChI is InChI=1S/C19H17F3N6O2/c20-19(21,22)16-5-3-13(11-27-16)12-2-4-15(23)14(10-12)17(29)28(24)8-9-30-18-25-6-1-7-26-18/h1-7,10-11H,8-9,23-24H2. The van der Waals surface area contributed by atoms with Gasteiger partial charge in [0.2, 0.25) is 0 Å². The highest BCUT2D eigenvalue weighted by Gasteiger charge is 2.32. The number of carbonyl (C=O) groups is 1. The number of nitrogen functional groups attached to an aromatic ring is 1. The number of hydrazine groups is 1. The van der Waals surface area contributed by atoms with Gasteiger partial charge in [-0.15, -0.1) is 0 Å². The van der Waals surface area contributed by atoms with E-state index in [0.29, 0.717) is 11.1 Å². The molecule has 0 saturated heterocycles. The molecule has 0 aliphatic carbocycles. The first-order valence-corrected chi connectivity index (χ1v) is 8.65. The van der Waals surface area contributed by atoms with Crippen LogP contribution >= 0.6 is 0 Å². The van der Waals surface area contributed by atoms with Crippen LogP contribution in [0, 0.1) is 0 Å². The van der Waals surface area contributed by atoms with Crippen LogP contribution in [0.1, 0.15) is 16.1 Å². The molecule has 0 unspecified atom stereocenters. The Balaban J connectivity index is 1.71. The van der Waals surface area contributed by atoms with Crippen LogP contribution in [-0.4, -0.2) is 39.0 Å². The molecule has 0 aliphatic heterocycles. The highest BCUT2D eigenvalue weighted by atomic mass is 19.4. The van der Waals surface area contributed by atoms with Crippen molar-refractivity contribution in [1.29, 1.82) is 0 Å². The molecular formula is C19H17F3N6O2. The number of halogens is 3. The number of nitrogens with zero attached hydrogens (tertiary/aromatic N) is 4. The number of rotatable bonds is 6. The van der Waals surface area contributed by atoms with Crippen LogP contribution in [0.5, 0.6) is 6.01 Å². The maximum absolute atomic E-state index is 12.7. The van der Waals surface area contributed by atoms with Crippen molar-refractivity contribution in [3.05, 3.63) is 66.2 Å². The lowest BCUT2D eigenvalue weighted by Crippen LogP contribution is -2.40. The van der Waals surface area contributed by atoms with E-state index in [1.165, 1.54) is 30.6 Å². The minimum atomic E-state index is -4.53. The van der Waals surface area contributed by atoms with Gasteiger partial charge < -0.3 is 10.5 Å². The van der Waals surface area contributed by atoms with Crippen LogP contribution in [0.2, 0.25) is 0 Å². The van der Waals surface area contributed by atoms with Crippen LogP contribution in [0.4, 0.5) is 18.9 Å². The summed E-state index contributed by atoms with van der Waals surface area (Å²) in [4.78, 5) is 23.8. The van der Waals surface area contributed by atoms with Gasteiger partial charge in [-0.3, -0.25) is 14.8 Å². The molecule has 156 valence electrons. The zero-order valence-electron chi connectivity index (χ0n) is 15.5. The Labute approximate surface area is 169 Å². The number of amides is 1. The van der Waals surface area contributed by atoms with Gasteiger partial charge in [0.25, 0.3) is 5.91 Å². The topological polar surface area (TPSA) is 120 Å². The van der Waals surface area contributed by atoms with Gasteiger partial charge in [0.05, 0.1) is 12.1 Å². The molecule has 8 nitrogen and oxygen atoms in total. The van der Waals surface area contributed by atoms with Gasteiger partial charge in [-0.05, 0) is 29.8 Å². The molecule has 0 aliphatic rings. The third-order valence-corrected chi connectivity index (χ3v) is 4.04. The highest BCUT2D eigenvalue weighted by molar-refractivity contribution is 6.00. The van der Waals surface area contributed by atoms with Crippen LogP contribution in [0.25, 0.3) is 11.1 Å². The number of hydrogen-bond donors (Lipinski definition) is 2. The van der Waals surface area contributed by atoms with Gasteiger partial charge >= 0.3 is 12.2 Å². The molecule has 30 heavy (non-hydrogen) atoms. The summed E-state index contributed by atoms with van der Waals surface area (Å²) in [6.45, 7) is 0.0806. The largest absolute Gasteiger partial charge is 0.462 e. The number of hydrogen-bond acceptors (Lipinski definition) is 7. The van der Waals surface area contributed by atoms with Gasteiger partial charge in [-0.1, -0.05) is 12.1 Å². The Bertz CT molecular complexity index is 1010.